The second-order valence-electron chi connectivity index (χ2n) is 5.78. The first-order valence-electron chi connectivity index (χ1n) is 8.38. The first kappa shape index (κ1) is 20.0. The molecule has 0 aliphatic rings. The van der Waals surface area contributed by atoms with Crippen LogP contribution in [0.25, 0.3) is 11.3 Å². The summed E-state index contributed by atoms with van der Waals surface area (Å²) in [6.07, 6.45) is 0.0804. The van der Waals surface area contributed by atoms with Crippen LogP contribution in [0.5, 0.6) is 0 Å². The molecule has 0 aliphatic heterocycles. The number of nitrogens with zero attached hydrogens (tertiary/aromatic N) is 3. The maximum Gasteiger partial charge on any atom is 0.311 e. The van der Waals surface area contributed by atoms with Crippen LogP contribution in [0.2, 0.25) is 0 Å². The van der Waals surface area contributed by atoms with Gasteiger partial charge in [0.15, 0.2) is 10.3 Å². The Bertz CT molecular complexity index is 976. The van der Waals surface area contributed by atoms with E-state index >= 15 is 0 Å². The third-order valence-electron chi connectivity index (χ3n) is 3.59. The van der Waals surface area contributed by atoms with Gasteiger partial charge in [0.25, 0.3) is 0 Å². The zero-order valence-electron chi connectivity index (χ0n) is 15.3. The summed E-state index contributed by atoms with van der Waals surface area (Å²) < 4.78 is 4.60. The molecule has 0 saturated heterocycles. The summed E-state index contributed by atoms with van der Waals surface area (Å²) in [5.74, 6) is -0.427. The van der Waals surface area contributed by atoms with Gasteiger partial charge in [-0.05, 0) is 13.0 Å². The molecular weight excluding hydrogens is 396 g/mol. The van der Waals surface area contributed by atoms with E-state index in [2.05, 4.69) is 25.0 Å². The van der Waals surface area contributed by atoms with Gasteiger partial charge in [-0.2, -0.15) is 0 Å². The highest BCUT2D eigenvalue weighted by Gasteiger charge is 2.12. The molecule has 0 spiro atoms. The van der Waals surface area contributed by atoms with Crippen molar-refractivity contribution in [1.29, 1.82) is 0 Å². The zero-order chi connectivity index (χ0) is 19.9. The lowest BCUT2D eigenvalue weighted by atomic mass is 10.1. The number of rotatable bonds is 7. The Morgan fingerprint density at radius 3 is 2.71 bits per heavy atom. The van der Waals surface area contributed by atoms with Crippen molar-refractivity contribution in [3.8, 4) is 11.3 Å². The molecule has 2 heterocycles. The maximum atomic E-state index is 12.2. The molecule has 9 heteroatoms. The number of aryl methyl sites for hydroxylation is 1. The number of ether oxygens (including phenoxy) is 1. The molecule has 3 aromatic rings. The Morgan fingerprint density at radius 1 is 1.18 bits per heavy atom. The van der Waals surface area contributed by atoms with Gasteiger partial charge in [-0.3, -0.25) is 9.59 Å². The van der Waals surface area contributed by atoms with E-state index in [0.717, 1.165) is 17.0 Å². The molecule has 0 atom stereocenters. The van der Waals surface area contributed by atoms with Gasteiger partial charge < -0.3 is 10.1 Å². The Morgan fingerprint density at radius 2 is 1.96 bits per heavy atom. The van der Waals surface area contributed by atoms with E-state index in [0.29, 0.717) is 16.0 Å². The van der Waals surface area contributed by atoms with Gasteiger partial charge >= 0.3 is 5.97 Å². The molecule has 3 rings (SSSR count). The normalized spacial score (nSPS) is 10.5. The van der Waals surface area contributed by atoms with Crippen LogP contribution < -0.4 is 5.32 Å². The van der Waals surface area contributed by atoms with Gasteiger partial charge in [-0.15, -0.1) is 11.3 Å². The fraction of sp³-hybridized carbons (Fsp3) is 0.211. The Kier molecular flexibility index (Phi) is 6.72. The van der Waals surface area contributed by atoms with E-state index in [1.807, 2.05) is 43.3 Å². The second-order valence-corrected chi connectivity index (χ2v) is 7.58. The summed E-state index contributed by atoms with van der Waals surface area (Å²) in [7, 11) is 1.32. The number of amides is 1. The Labute approximate surface area is 170 Å². The third kappa shape index (κ3) is 5.61. The van der Waals surface area contributed by atoms with Crippen LogP contribution in [0.4, 0.5) is 5.13 Å². The summed E-state index contributed by atoms with van der Waals surface area (Å²) in [6.45, 7) is 1.90. The minimum absolute atomic E-state index is 0.0804. The summed E-state index contributed by atoms with van der Waals surface area (Å²) in [6, 6.07) is 11.7. The van der Waals surface area contributed by atoms with Crippen molar-refractivity contribution >= 4 is 40.1 Å². The number of hydrogen-bond donors (Lipinski definition) is 1. The number of nitrogens with one attached hydrogen (secondary N) is 1. The maximum absolute atomic E-state index is 12.2. The monoisotopic (exact) mass is 414 g/mol. The number of benzene rings is 1. The van der Waals surface area contributed by atoms with Crippen LogP contribution in [0.3, 0.4) is 0 Å². The van der Waals surface area contributed by atoms with Gasteiger partial charge in [0.2, 0.25) is 5.91 Å². The van der Waals surface area contributed by atoms with E-state index in [9.17, 15) is 9.59 Å². The number of carbonyl (C=O) groups is 2. The third-order valence-corrected chi connectivity index (χ3v) is 5.24. The number of methoxy groups -OCH3 is 1. The molecular formula is C19H18N4O3S2. The minimum Gasteiger partial charge on any atom is -0.469 e. The minimum atomic E-state index is -0.371. The molecule has 144 valence electrons. The second kappa shape index (κ2) is 9.43. The van der Waals surface area contributed by atoms with Crippen LogP contribution in [-0.2, 0) is 20.7 Å². The number of anilines is 1. The summed E-state index contributed by atoms with van der Waals surface area (Å²) >= 11 is 2.52. The SMILES string of the molecule is COC(=O)Cc1csc(NC(=O)CSc2nc(C)cc(-c3ccccc3)n2)n1. The average molecular weight is 415 g/mol. The summed E-state index contributed by atoms with van der Waals surface area (Å²) in [4.78, 5) is 36.6. The van der Waals surface area contributed by atoms with Crippen molar-refractivity contribution in [3.63, 3.8) is 0 Å². The van der Waals surface area contributed by atoms with Crippen LogP contribution in [0.1, 0.15) is 11.4 Å². The topological polar surface area (TPSA) is 94.1 Å². The van der Waals surface area contributed by atoms with Crippen molar-refractivity contribution in [2.75, 3.05) is 18.2 Å². The van der Waals surface area contributed by atoms with Gasteiger partial charge in [-0.25, -0.2) is 15.0 Å². The molecule has 1 aromatic carbocycles. The Balaban J connectivity index is 1.59. The number of carbonyl (C=O) groups excluding carboxylic acids is 2. The fourth-order valence-electron chi connectivity index (χ4n) is 2.31. The first-order chi connectivity index (χ1) is 13.5. The molecule has 0 radical (unpaired) electrons. The van der Waals surface area contributed by atoms with Crippen LogP contribution in [-0.4, -0.2) is 39.7 Å². The molecule has 0 unspecified atom stereocenters. The van der Waals surface area contributed by atoms with E-state index in [4.69, 9.17) is 0 Å². The molecule has 7 nitrogen and oxygen atoms in total. The number of hydrogen-bond acceptors (Lipinski definition) is 8. The van der Waals surface area contributed by atoms with Crippen LogP contribution in [0.15, 0.2) is 46.9 Å². The molecule has 28 heavy (non-hydrogen) atoms. The predicted molar refractivity (Wildman–Crippen MR) is 109 cm³/mol. The molecule has 0 fully saturated rings. The van der Waals surface area contributed by atoms with Crippen LogP contribution >= 0.6 is 23.1 Å². The molecule has 0 bridgehead atoms. The molecule has 0 aliphatic carbocycles. The van der Waals surface area contributed by atoms with Crippen molar-refractivity contribution in [3.05, 3.63) is 53.2 Å². The first-order valence-corrected chi connectivity index (χ1v) is 10.2. The van der Waals surface area contributed by atoms with Crippen molar-refractivity contribution in [2.45, 2.75) is 18.5 Å². The van der Waals surface area contributed by atoms with E-state index in [1.165, 1.54) is 30.2 Å². The van der Waals surface area contributed by atoms with E-state index < -0.39 is 0 Å². The summed E-state index contributed by atoms with van der Waals surface area (Å²) in [5, 5.41) is 5.43. The highest BCUT2D eigenvalue weighted by Crippen LogP contribution is 2.22. The average Bonchev–Trinajstić information content (AvgIpc) is 3.13. The standard InChI is InChI=1S/C19H18N4O3S2/c1-12-8-15(13-6-4-3-5-7-13)22-18(20-12)28-11-16(24)23-19-21-14(10-27-19)9-17(25)26-2/h3-8,10H,9,11H2,1-2H3,(H,21,23,24). The lowest BCUT2D eigenvalue weighted by Crippen LogP contribution is -2.14. The van der Waals surface area contributed by atoms with Gasteiger partial charge in [0, 0.05) is 16.6 Å². The molecule has 1 amide bonds. The van der Waals surface area contributed by atoms with Crippen molar-refractivity contribution < 1.29 is 14.3 Å². The molecule has 1 N–H and O–H groups in total. The largest absolute Gasteiger partial charge is 0.469 e. The lowest BCUT2D eigenvalue weighted by molar-refractivity contribution is -0.139. The zero-order valence-corrected chi connectivity index (χ0v) is 17.0. The number of aromatic nitrogens is 3. The molecule has 2 aromatic heterocycles. The number of esters is 1. The van der Waals surface area contributed by atoms with Gasteiger partial charge in [0.05, 0.1) is 30.7 Å². The highest BCUT2D eigenvalue weighted by atomic mass is 32.2. The quantitative estimate of drug-likeness (QED) is 0.360. The van der Waals surface area contributed by atoms with Crippen LogP contribution in [0, 0.1) is 6.92 Å². The van der Waals surface area contributed by atoms with Gasteiger partial charge in [-0.1, -0.05) is 42.1 Å². The predicted octanol–water partition coefficient (Wildman–Crippen LogP) is 3.35. The number of thioether (sulfide) groups is 1. The lowest BCUT2D eigenvalue weighted by Gasteiger charge is -2.06. The van der Waals surface area contributed by atoms with Crippen molar-refractivity contribution in [1.82, 2.24) is 15.0 Å². The van der Waals surface area contributed by atoms with Crippen molar-refractivity contribution in [2.24, 2.45) is 0 Å². The Hall–Kier alpha value is -2.78. The van der Waals surface area contributed by atoms with Gasteiger partial charge in [0.1, 0.15) is 0 Å². The molecule has 0 saturated carbocycles. The van der Waals surface area contributed by atoms with E-state index in [-0.39, 0.29) is 24.1 Å². The smallest absolute Gasteiger partial charge is 0.311 e. The van der Waals surface area contributed by atoms with E-state index in [1.54, 1.807) is 5.38 Å². The highest BCUT2D eigenvalue weighted by molar-refractivity contribution is 7.99. The fourth-order valence-corrected chi connectivity index (χ4v) is 3.74. The number of thiazole rings is 1. The summed E-state index contributed by atoms with van der Waals surface area (Å²) in [5.41, 5.74) is 3.22.